The second-order valence-corrected chi connectivity index (χ2v) is 27.9. The van der Waals surface area contributed by atoms with Crippen LogP contribution in [0.5, 0.6) is 0 Å². The van der Waals surface area contributed by atoms with Crippen molar-refractivity contribution in [3.05, 3.63) is 287 Å². The van der Waals surface area contributed by atoms with Crippen molar-refractivity contribution >= 4 is 0 Å². The minimum Gasteiger partial charge on any atom is -0.330 e. The lowest BCUT2D eigenvalue weighted by molar-refractivity contribution is -0.137. The molecule has 0 aromatic heterocycles. The van der Waals surface area contributed by atoms with Crippen LogP contribution in [0.2, 0.25) is 0 Å². The highest BCUT2D eigenvalue weighted by molar-refractivity contribution is 5.77. The van der Waals surface area contributed by atoms with Crippen molar-refractivity contribution in [1.29, 1.82) is 0 Å². The molecule has 10 aromatic carbocycles. The molecule has 21 heteroatoms. The van der Waals surface area contributed by atoms with Crippen molar-refractivity contribution in [3.8, 4) is 66.8 Å². The first-order valence-corrected chi connectivity index (χ1v) is 37.0. The quantitative estimate of drug-likeness (QED) is 0.0134. The Morgan fingerprint density at radius 1 is 0.339 bits per heavy atom. The number of hydrogen-bond acceptors (Lipinski definition) is 12. The third-order valence-corrected chi connectivity index (χ3v) is 18.4. The SMILES string of the molecule is CC(C)(CNC[C@@H](N)CCCN)c1cc(-c2ccc(F)cc2)cc(-c2ccc(F)cc2)c1.Cc1cc(CN(CCN)CCN)cc(C(F)(F)F)c1.NCCC[C@H](N)CNCCc1cc(-c2ccc(F)cc2)cc(-c2ccc(F)cc2)c1.NCCN(CCN)Cc1cc(-c2ccc(F)cc2)cc(-c2ccc(F)cc2)c1. The Morgan fingerprint density at radius 2 is 0.633 bits per heavy atom. The summed E-state index contributed by atoms with van der Waals surface area (Å²) in [7, 11) is 0. The first-order chi connectivity index (χ1) is 52.3. The minimum atomic E-state index is -4.31. The van der Waals surface area contributed by atoms with E-state index in [9.17, 15) is 39.5 Å². The van der Waals surface area contributed by atoms with Gasteiger partial charge in [-0.05, 0) is 263 Å². The third kappa shape index (κ3) is 29.8. The molecule has 0 radical (unpaired) electrons. The summed E-state index contributed by atoms with van der Waals surface area (Å²) in [5, 5.41) is 6.91. The predicted octanol–water partition coefficient (Wildman–Crippen LogP) is 15.5. The molecular weight excluding hydrogens is 1400 g/mol. The van der Waals surface area contributed by atoms with Gasteiger partial charge in [0.25, 0.3) is 0 Å². The second kappa shape index (κ2) is 44.7. The summed E-state index contributed by atoms with van der Waals surface area (Å²) >= 11 is 0. The van der Waals surface area contributed by atoms with Crippen molar-refractivity contribution < 1.29 is 39.5 Å². The highest BCUT2D eigenvalue weighted by Gasteiger charge is 2.31. The van der Waals surface area contributed by atoms with Gasteiger partial charge in [0.05, 0.1) is 5.56 Å². The molecule has 0 aliphatic rings. The van der Waals surface area contributed by atoms with E-state index in [0.29, 0.717) is 76.6 Å². The summed E-state index contributed by atoms with van der Waals surface area (Å²) in [5.41, 5.74) is 61.2. The Bertz CT molecular complexity index is 4090. The highest BCUT2D eigenvalue weighted by atomic mass is 19.4. The van der Waals surface area contributed by atoms with Gasteiger partial charge in [-0.3, -0.25) is 9.80 Å². The van der Waals surface area contributed by atoms with Gasteiger partial charge in [0, 0.05) is 103 Å². The van der Waals surface area contributed by atoms with E-state index in [1.165, 1.54) is 78.9 Å². The Kier molecular flexibility index (Phi) is 35.8. The van der Waals surface area contributed by atoms with E-state index < -0.39 is 11.7 Å². The number of halogens is 9. The maximum Gasteiger partial charge on any atom is 0.416 e. The molecule has 18 N–H and O–H groups in total. The average Bonchev–Trinajstić information content (AvgIpc) is 0.813. The van der Waals surface area contributed by atoms with E-state index in [-0.39, 0.29) is 52.4 Å². The molecule has 109 heavy (non-hydrogen) atoms. The largest absolute Gasteiger partial charge is 0.416 e. The summed E-state index contributed by atoms with van der Waals surface area (Å²) in [4.78, 5) is 4.16. The number of benzene rings is 10. The van der Waals surface area contributed by atoms with Crippen LogP contribution in [0, 0.1) is 41.8 Å². The van der Waals surface area contributed by atoms with Crippen LogP contribution in [-0.2, 0) is 31.1 Å². The lowest BCUT2D eigenvalue weighted by Crippen LogP contribution is -2.40. The second-order valence-electron chi connectivity index (χ2n) is 27.9. The molecule has 0 spiro atoms. The standard InChI is InChI=1S/C27H33F2N3.C25H29F2N3.C23H25F2N3.C13H20F3N3/c1-27(2,18-32-17-26(31)4-3-13-30)23-15-21(19-5-9-24(28)10-6-19)14-22(16-23)20-7-11-25(29)12-8-20;26-23-7-3-19(4-8-23)21-14-18(11-13-30-17-25(29)2-1-12-28)15-22(16-21)20-5-9-24(27)10-6-20;24-22-5-1-18(2-6-22)20-13-17(16-28(11-9-26)12-10-27)14-21(15-20)19-3-7-23(25)8-4-19;1-10-6-11(8-12(7-10)13(14,15)16)9-19(4-2-17)5-3-18/h5-12,14-16,26,32H,3-4,13,17-18,30-31H2,1-2H3;3-10,14-16,25,30H,1-2,11-13,17,28-29H2;1-8,13-15H,9-12,16,26-27H2;6-8H,2-5,9,17-18H2,1H3/t26-;25-;;/m00../s1. The number of aryl methyl sites for hydroxylation is 1. The van der Waals surface area contributed by atoms with Gasteiger partial charge in [0.2, 0.25) is 0 Å². The number of hydrogen-bond donors (Lipinski definition) is 10. The van der Waals surface area contributed by atoms with Gasteiger partial charge in [0.1, 0.15) is 34.9 Å². The average molecular weight is 1500 g/mol. The lowest BCUT2D eigenvalue weighted by Gasteiger charge is -2.28. The minimum absolute atomic E-state index is 0.0784. The summed E-state index contributed by atoms with van der Waals surface area (Å²) < 4.78 is 119. The molecular formula is C88H107F9N12. The van der Waals surface area contributed by atoms with Crippen molar-refractivity contribution in [2.24, 2.45) is 45.9 Å². The molecule has 0 amide bonds. The molecule has 10 aromatic rings. The van der Waals surface area contributed by atoms with Crippen molar-refractivity contribution in [3.63, 3.8) is 0 Å². The fraction of sp³-hybridized carbons (Fsp3) is 0.318. The normalized spacial score (nSPS) is 12.1. The van der Waals surface area contributed by atoms with Gasteiger partial charge in [0.15, 0.2) is 0 Å². The van der Waals surface area contributed by atoms with Crippen molar-refractivity contribution in [1.82, 2.24) is 20.4 Å². The van der Waals surface area contributed by atoms with Gasteiger partial charge in [-0.15, -0.1) is 0 Å². The molecule has 2 atom stereocenters. The number of nitrogens with one attached hydrogen (secondary N) is 2. The van der Waals surface area contributed by atoms with E-state index in [1.54, 1.807) is 85.8 Å². The number of rotatable bonds is 34. The molecule has 10 rings (SSSR count). The number of alkyl halides is 3. The fourth-order valence-electron chi connectivity index (χ4n) is 12.6. The van der Waals surface area contributed by atoms with Crippen molar-refractivity contribution in [2.45, 2.75) is 89.6 Å². The van der Waals surface area contributed by atoms with E-state index in [1.807, 2.05) is 11.0 Å². The molecule has 0 saturated heterocycles. The lowest BCUT2D eigenvalue weighted by atomic mass is 9.81. The van der Waals surface area contributed by atoms with Crippen LogP contribution < -0.4 is 56.5 Å². The maximum absolute atomic E-state index is 13.5. The van der Waals surface area contributed by atoms with E-state index in [4.69, 9.17) is 45.9 Å². The van der Waals surface area contributed by atoms with E-state index >= 15 is 0 Å². The topological polar surface area (TPSA) is 239 Å². The Balaban J connectivity index is 0.000000205. The summed E-state index contributed by atoms with van der Waals surface area (Å²) in [6.45, 7) is 16.3. The molecule has 12 nitrogen and oxygen atoms in total. The molecule has 0 heterocycles. The molecule has 0 aliphatic carbocycles. The third-order valence-electron chi connectivity index (χ3n) is 18.4. The number of nitrogens with zero attached hydrogens (tertiary/aromatic N) is 2. The van der Waals surface area contributed by atoms with Gasteiger partial charge in [-0.25, -0.2) is 26.3 Å². The monoisotopic (exact) mass is 1500 g/mol. The van der Waals surface area contributed by atoms with E-state index in [0.717, 1.165) is 161 Å². The molecule has 0 aliphatic heterocycles. The molecule has 0 fully saturated rings. The van der Waals surface area contributed by atoms with Crippen LogP contribution in [0.1, 0.15) is 72.9 Å². The molecule has 0 saturated carbocycles. The zero-order valence-corrected chi connectivity index (χ0v) is 62.7. The smallest absolute Gasteiger partial charge is 0.330 e. The van der Waals surface area contributed by atoms with Crippen LogP contribution >= 0.6 is 0 Å². The Labute approximate surface area is 637 Å². The van der Waals surface area contributed by atoms with Gasteiger partial charge in [-0.2, -0.15) is 13.2 Å². The van der Waals surface area contributed by atoms with Crippen LogP contribution in [0.25, 0.3) is 66.8 Å². The summed E-state index contributed by atoms with van der Waals surface area (Å²) in [5.74, 6) is -1.59. The zero-order chi connectivity index (χ0) is 78.9. The maximum atomic E-state index is 13.5. The molecule has 0 unspecified atom stereocenters. The fourth-order valence-corrected chi connectivity index (χ4v) is 12.6. The van der Waals surface area contributed by atoms with Crippen LogP contribution in [0.3, 0.4) is 0 Å². The first-order valence-electron chi connectivity index (χ1n) is 37.0. The summed E-state index contributed by atoms with van der Waals surface area (Å²) in [6.07, 6.45) is 0.188. The van der Waals surface area contributed by atoms with Gasteiger partial charge >= 0.3 is 6.18 Å². The van der Waals surface area contributed by atoms with Crippen LogP contribution in [0.4, 0.5) is 39.5 Å². The molecule has 582 valence electrons. The zero-order valence-electron chi connectivity index (χ0n) is 62.7. The summed E-state index contributed by atoms with van der Waals surface area (Å²) in [6, 6.07) is 62.0. The van der Waals surface area contributed by atoms with Crippen LogP contribution in [-0.4, -0.2) is 114 Å². The van der Waals surface area contributed by atoms with E-state index in [2.05, 4.69) is 77.9 Å². The predicted molar refractivity (Wildman–Crippen MR) is 430 cm³/mol. The van der Waals surface area contributed by atoms with Gasteiger partial charge < -0.3 is 56.5 Å². The Hall–Kier alpha value is -8.91. The first kappa shape index (κ1) is 87.3. The van der Waals surface area contributed by atoms with Crippen LogP contribution in [0.15, 0.2) is 218 Å². The Morgan fingerprint density at radius 3 is 0.936 bits per heavy atom. The van der Waals surface area contributed by atoms with Gasteiger partial charge in [-0.1, -0.05) is 123 Å². The van der Waals surface area contributed by atoms with Crippen molar-refractivity contribution in [2.75, 3.05) is 91.6 Å². The highest BCUT2D eigenvalue weighted by Crippen LogP contribution is 2.36. The molecule has 0 bridgehead atoms. The number of nitrogens with two attached hydrogens (primary N) is 8.